The number of halogens is 1. The summed E-state index contributed by atoms with van der Waals surface area (Å²) < 4.78 is 0. The second-order valence-corrected chi connectivity index (χ2v) is 5.47. The Kier molecular flexibility index (Phi) is 4.69. The predicted molar refractivity (Wildman–Crippen MR) is 88.2 cm³/mol. The van der Waals surface area contributed by atoms with E-state index in [1.54, 1.807) is 0 Å². The fraction of sp³-hybridized carbons (Fsp3) is 0.294. The van der Waals surface area contributed by atoms with Gasteiger partial charge in [0.15, 0.2) is 0 Å². The van der Waals surface area contributed by atoms with Crippen LogP contribution in [-0.4, -0.2) is 14.1 Å². The molecule has 0 aliphatic heterocycles. The number of hydrogen-bond donors (Lipinski definition) is 1. The zero-order chi connectivity index (χ0) is 14.7. The summed E-state index contributed by atoms with van der Waals surface area (Å²) in [5, 5.41) is 4.01. The quantitative estimate of drug-likeness (QED) is 0.877. The van der Waals surface area contributed by atoms with Crippen molar-refractivity contribution in [2.24, 2.45) is 0 Å². The van der Waals surface area contributed by atoms with Crippen LogP contribution in [0.5, 0.6) is 0 Å². The first-order chi connectivity index (χ1) is 9.54. The standard InChI is InChI=1S/C17H21ClN2/c1-12-7-5-6-8-17(12)20(4)14-9-10-15(13(2)19-3)16(18)11-14/h5-11,13,19H,1-4H3. The summed E-state index contributed by atoms with van der Waals surface area (Å²) >= 11 is 6.41. The molecule has 0 spiro atoms. The van der Waals surface area contributed by atoms with Crippen molar-refractivity contribution in [3.05, 3.63) is 58.6 Å². The van der Waals surface area contributed by atoms with Gasteiger partial charge in [-0.25, -0.2) is 0 Å². The third kappa shape index (κ3) is 2.97. The van der Waals surface area contributed by atoms with Gasteiger partial charge in [-0.2, -0.15) is 0 Å². The van der Waals surface area contributed by atoms with Gasteiger partial charge in [0.1, 0.15) is 0 Å². The number of aryl methyl sites for hydroxylation is 1. The maximum absolute atomic E-state index is 6.41. The minimum Gasteiger partial charge on any atom is -0.344 e. The molecule has 0 aliphatic carbocycles. The lowest BCUT2D eigenvalue weighted by Gasteiger charge is -2.23. The van der Waals surface area contributed by atoms with Crippen LogP contribution < -0.4 is 10.2 Å². The van der Waals surface area contributed by atoms with E-state index in [0.717, 1.165) is 16.3 Å². The highest BCUT2D eigenvalue weighted by Gasteiger charge is 2.11. The summed E-state index contributed by atoms with van der Waals surface area (Å²) in [6.07, 6.45) is 0. The van der Waals surface area contributed by atoms with E-state index in [0.29, 0.717) is 0 Å². The summed E-state index contributed by atoms with van der Waals surface area (Å²) in [4.78, 5) is 2.16. The SMILES string of the molecule is CNC(C)c1ccc(N(C)c2ccccc2C)cc1Cl. The Bertz CT molecular complexity index is 595. The Morgan fingerprint density at radius 1 is 1.15 bits per heavy atom. The van der Waals surface area contributed by atoms with Crippen LogP contribution in [0.15, 0.2) is 42.5 Å². The van der Waals surface area contributed by atoms with Crippen molar-refractivity contribution in [3.63, 3.8) is 0 Å². The van der Waals surface area contributed by atoms with Gasteiger partial charge in [-0.3, -0.25) is 0 Å². The molecule has 0 saturated heterocycles. The monoisotopic (exact) mass is 288 g/mol. The minimum atomic E-state index is 0.250. The van der Waals surface area contributed by atoms with E-state index in [1.165, 1.54) is 11.3 Å². The summed E-state index contributed by atoms with van der Waals surface area (Å²) in [7, 11) is 4.00. The lowest BCUT2D eigenvalue weighted by Crippen LogP contribution is -2.14. The van der Waals surface area contributed by atoms with Crippen LogP contribution in [0, 0.1) is 6.92 Å². The molecule has 2 aromatic carbocycles. The third-order valence-corrected chi connectivity index (χ3v) is 4.07. The van der Waals surface area contributed by atoms with Gasteiger partial charge >= 0.3 is 0 Å². The average molecular weight is 289 g/mol. The van der Waals surface area contributed by atoms with Gasteiger partial charge < -0.3 is 10.2 Å². The van der Waals surface area contributed by atoms with Crippen LogP contribution >= 0.6 is 11.6 Å². The average Bonchev–Trinajstić information content (AvgIpc) is 2.46. The van der Waals surface area contributed by atoms with Crippen molar-refractivity contribution in [3.8, 4) is 0 Å². The van der Waals surface area contributed by atoms with E-state index in [1.807, 2.05) is 13.1 Å². The molecule has 0 aliphatic rings. The van der Waals surface area contributed by atoms with E-state index < -0.39 is 0 Å². The van der Waals surface area contributed by atoms with Gasteiger partial charge in [0, 0.05) is 29.5 Å². The maximum atomic E-state index is 6.41. The summed E-state index contributed by atoms with van der Waals surface area (Å²) in [6, 6.07) is 14.8. The van der Waals surface area contributed by atoms with E-state index in [2.05, 4.69) is 67.5 Å². The Morgan fingerprint density at radius 3 is 2.45 bits per heavy atom. The highest BCUT2D eigenvalue weighted by molar-refractivity contribution is 6.31. The first-order valence-corrected chi connectivity index (χ1v) is 7.18. The van der Waals surface area contributed by atoms with E-state index >= 15 is 0 Å². The summed E-state index contributed by atoms with van der Waals surface area (Å²) in [5.74, 6) is 0. The number of hydrogen-bond acceptors (Lipinski definition) is 2. The van der Waals surface area contributed by atoms with Crippen LogP contribution in [0.1, 0.15) is 24.1 Å². The van der Waals surface area contributed by atoms with Crippen LogP contribution in [0.2, 0.25) is 5.02 Å². The van der Waals surface area contributed by atoms with Crippen molar-refractivity contribution in [2.75, 3.05) is 19.0 Å². The minimum absolute atomic E-state index is 0.250. The van der Waals surface area contributed by atoms with Crippen molar-refractivity contribution in [2.45, 2.75) is 19.9 Å². The Labute approximate surface area is 126 Å². The second kappa shape index (κ2) is 6.29. The first-order valence-electron chi connectivity index (χ1n) is 6.80. The summed E-state index contributed by atoms with van der Waals surface area (Å²) in [6.45, 7) is 4.22. The van der Waals surface area contributed by atoms with E-state index in [4.69, 9.17) is 11.6 Å². The van der Waals surface area contributed by atoms with Gasteiger partial charge in [0.05, 0.1) is 0 Å². The normalized spacial score (nSPS) is 12.2. The Morgan fingerprint density at radius 2 is 1.85 bits per heavy atom. The topological polar surface area (TPSA) is 15.3 Å². The number of benzene rings is 2. The summed E-state index contributed by atoms with van der Waals surface area (Å²) in [5.41, 5.74) is 4.66. The first kappa shape index (κ1) is 14.9. The molecule has 0 radical (unpaired) electrons. The highest BCUT2D eigenvalue weighted by Crippen LogP contribution is 2.31. The third-order valence-electron chi connectivity index (χ3n) is 3.75. The Balaban J connectivity index is 2.35. The fourth-order valence-electron chi connectivity index (χ4n) is 2.31. The lowest BCUT2D eigenvalue weighted by molar-refractivity contribution is 0.652. The smallest absolute Gasteiger partial charge is 0.0474 e. The van der Waals surface area contributed by atoms with Crippen molar-refractivity contribution < 1.29 is 0 Å². The largest absolute Gasteiger partial charge is 0.344 e. The molecule has 0 amide bonds. The molecule has 1 unspecified atom stereocenters. The molecule has 2 aromatic rings. The van der Waals surface area contributed by atoms with Crippen LogP contribution in [0.25, 0.3) is 0 Å². The highest BCUT2D eigenvalue weighted by atomic mass is 35.5. The van der Waals surface area contributed by atoms with E-state index in [-0.39, 0.29) is 6.04 Å². The molecule has 2 rings (SSSR count). The molecule has 3 heteroatoms. The maximum Gasteiger partial charge on any atom is 0.0474 e. The fourth-order valence-corrected chi connectivity index (χ4v) is 2.65. The zero-order valence-electron chi connectivity index (χ0n) is 12.4. The van der Waals surface area contributed by atoms with Gasteiger partial charge in [0.2, 0.25) is 0 Å². The molecule has 20 heavy (non-hydrogen) atoms. The van der Waals surface area contributed by atoms with Crippen molar-refractivity contribution in [1.29, 1.82) is 0 Å². The molecule has 0 aromatic heterocycles. The van der Waals surface area contributed by atoms with Crippen LogP contribution in [0.4, 0.5) is 11.4 Å². The molecule has 0 heterocycles. The number of anilines is 2. The number of para-hydroxylation sites is 1. The predicted octanol–water partition coefficient (Wildman–Crippen LogP) is 4.70. The molecular formula is C17H21ClN2. The molecule has 0 saturated carbocycles. The molecule has 1 atom stereocenters. The molecule has 0 bridgehead atoms. The second-order valence-electron chi connectivity index (χ2n) is 5.06. The van der Waals surface area contributed by atoms with Crippen LogP contribution in [0.3, 0.4) is 0 Å². The van der Waals surface area contributed by atoms with Gasteiger partial charge in [-0.1, -0.05) is 35.9 Å². The number of rotatable bonds is 4. The number of nitrogens with zero attached hydrogens (tertiary/aromatic N) is 1. The van der Waals surface area contributed by atoms with Gasteiger partial charge in [-0.15, -0.1) is 0 Å². The molecule has 2 nitrogen and oxygen atoms in total. The van der Waals surface area contributed by atoms with Crippen LogP contribution in [-0.2, 0) is 0 Å². The Hall–Kier alpha value is -1.51. The van der Waals surface area contributed by atoms with Crippen molar-refractivity contribution >= 4 is 23.0 Å². The molecule has 106 valence electrons. The number of nitrogens with one attached hydrogen (secondary N) is 1. The van der Waals surface area contributed by atoms with E-state index in [9.17, 15) is 0 Å². The van der Waals surface area contributed by atoms with Gasteiger partial charge in [-0.05, 0) is 50.2 Å². The molecule has 1 N–H and O–H groups in total. The van der Waals surface area contributed by atoms with Crippen molar-refractivity contribution in [1.82, 2.24) is 5.32 Å². The molecular weight excluding hydrogens is 268 g/mol. The molecule has 0 fully saturated rings. The lowest BCUT2D eigenvalue weighted by atomic mass is 10.1. The van der Waals surface area contributed by atoms with Gasteiger partial charge in [0.25, 0.3) is 0 Å². The zero-order valence-corrected chi connectivity index (χ0v) is 13.2.